The first-order valence-electron chi connectivity index (χ1n) is 9.14. The second-order valence-corrected chi connectivity index (χ2v) is 7.62. The lowest BCUT2D eigenvalue weighted by Crippen LogP contribution is -2.50. The van der Waals surface area contributed by atoms with Crippen LogP contribution in [0, 0.1) is 5.82 Å². The maximum absolute atomic E-state index is 12.9. The molecule has 2 aromatic carbocycles. The predicted molar refractivity (Wildman–Crippen MR) is 113 cm³/mol. The van der Waals surface area contributed by atoms with E-state index in [2.05, 4.69) is 10.6 Å². The molecule has 2 N–H and O–H groups in total. The van der Waals surface area contributed by atoms with Gasteiger partial charge in [0.1, 0.15) is 5.82 Å². The van der Waals surface area contributed by atoms with Crippen LogP contribution in [0.25, 0.3) is 0 Å². The van der Waals surface area contributed by atoms with Crippen molar-refractivity contribution in [1.82, 2.24) is 9.80 Å². The van der Waals surface area contributed by atoms with Crippen molar-refractivity contribution in [3.63, 3.8) is 0 Å². The predicted octanol–water partition coefficient (Wildman–Crippen LogP) is 3.33. The molecule has 0 saturated carbocycles. The third-order valence-electron chi connectivity index (χ3n) is 4.53. The van der Waals surface area contributed by atoms with Crippen LogP contribution < -0.4 is 10.6 Å². The Kier molecular flexibility index (Phi) is 7.44. The number of halogens is 3. The molecule has 0 radical (unpaired) electrons. The van der Waals surface area contributed by atoms with Crippen LogP contribution in [-0.2, 0) is 9.59 Å². The lowest BCUT2D eigenvalue weighted by Gasteiger charge is -2.33. The number of rotatable bonds is 6. The number of nitrogens with zero attached hydrogens (tertiary/aromatic N) is 2. The number of amides is 2. The summed E-state index contributed by atoms with van der Waals surface area (Å²) in [5.74, 6) is -0.671. The number of hydrogen-bond donors (Lipinski definition) is 2. The van der Waals surface area contributed by atoms with Crippen molar-refractivity contribution < 1.29 is 14.0 Å². The molecule has 1 aliphatic heterocycles. The van der Waals surface area contributed by atoms with E-state index < -0.39 is 0 Å². The van der Waals surface area contributed by atoms with E-state index in [0.29, 0.717) is 47.6 Å². The Morgan fingerprint density at radius 1 is 0.862 bits per heavy atom. The molecule has 1 saturated heterocycles. The Bertz CT molecular complexity index is 871. The van der Waals surface area contributed by atoms with Gasteiger partial charge in [-0.25, -0.2) is 4.39 Å². The summed E-state index contributed by atoms with van der Waals surface area (Å²) in [6.45, 7) is 3.15. The van der Waals surface area contributed by atoms with E-state index in [-0.39, 0.29) is 30.7 Å². The minimum Gasteiger partial charge on any atom is -0.325 e. The largest absolute Gasteiger partial charge is 0.325 e. The SMILES string of the molecule is O=C(CN1CCN(CC(=O)Nc2cc(Cl)ccc2Cl)CC1)Nc1ccc(F)cc1. The van der Waals surface area contributed by atoms with Crippen LogP contribution in [-0.4, -0.2) is 60.9 Å². The van der Waals surface area contributed by atoms with Gasteiger partial charge in [0.05, 0.1) is 23.8 Å². The molecule has 0 aliphatic carbocycles. The van der Waals surface area contributed by atoms with Gasteiger partial charge in [-0.2, -0.15) is 0 Å². The summed E-state index contributed by atoms with van der Waals surface area (Å²) in [4.78, 5) is 28.4. The third-order valence-corrected chi connectivity index (χ3v) is 5.09. The standard InChI is InChI=1S/C20H21Cl2FN4O2/c21-14-1-6-17(22)18(11-14)25-20(29)13-27-9-7-26(8-10-27)12-19(28)24-16-4-2-15(23)3-5-16/h1-6,11H,7-10,12-13H2,(H,24,28)(H,25,29). The molecule has 3 rings (SSSR count). The molecule has 2 amide bonds. The molecule has 1 aliphatic rings. The van der Waals surface area contributed by atoms with Crippen LogP contribution in [0.5, 0.6) is 0 Å². The van der Waals surface area contributed by atoms with Gasteiger partial charge in [-0.3, -0.25) is 19.4 Å². The summed E-state index contributed by atoms with van der Waals surface area (Å²) in [6, 6.07) is 10.6. The third kappa shape index (κ3) is 6.68. The molecule has 9 heteroatoms. The zero-order valence-electron chi connectivity index (χ0n) is 15.6. The summed E-state index contributed by atoms with van der Waals surface area (Å²) < 4.78 is 12.9. The van der Waals surface area contributed by atoms with Gasteiger partial charge in [-0.15, -0.1) is 0 Å². The average Bonchev–Trinajstić information content (AvgIpc) is 2.68. The summed E-state index contributed by atoms with van der Waals surface area (Å²) >= 11 is 12.0. The number of carbonyl (C=O) groups is 2. The van der Waals surface area contributed by atoms with Crippen LogP contribution in [0.4, 0.5) is 15.8 Å². The van der Waals surface area contributed by atoms with Crippen molar-refractivity contribution in [2.75, 3.05) is 49.9 Å². The fourth-order valence-electron chi connectivity index (χ4n) is 3.03. The van der Waals surface area contributed by atoms with Crippen molar-refractivity contribution in [1.29, 1.82) is 0 Å². The number of benzene rings is 2. The lowest BCUT2D eigenvalue weighted by atomic mass is 10.2. The molecule has 0 bridgehead atoms. The molecule has 6 nitrogen and oxygen atoms in total. The number of nitrogens with one attached hydrogen (secondary N) is 2. The van der Waals surface area contributed by atoms with Crippen molar-refractivity contribution >= 4 is 46.4 Å². The Hall–Kier alpha value is -2.19. The van der Waals surface area contributed by atoms with Crippen LogP contribution in [0.1, 0.15) is 0 Å². The lowest BCUT2D eigenvalue weighted by molar-refractivity contribution is -0.120. The highest BCUT2D eigenvalue weighted by Gasteiger charge is 2.21. The van der Waals surface area contributed by atoms with Gasteiger partial charge in [0, 0.05) is 36.9 Å². The Balaban J connectivity index is 1.40. The van der Waals surface area contributed by atoms with Crippen LogP contribution >= 0.6 is 23.2 Å². The molecule has 0 spiro atoms. The quantitative estimate of drug-likeness (QED) is 0.725. The molecule has 0 atom stereocenters. The fourth-order valence-corrected chi connectivity index (χ4v) is 3.37. The second kappa shape index (κ2) is 10.0. The van der Waals surface area contributed by atoms with E-state index in [9.17, 15) is 14.0 Å². The van der Waals surface area contributed by atoms with Gasteiger partial charge in [0.15, 0.2) is 0 Å². The van der Waals surface area contributed by atoms with E-state index in [4.69, 9.17) is 23.2 Å². The van der Waals surface area contributed by atoms with Crippen LogP contribution in [0.15, 0.2) is 42.5 Å². The van der Waals surface area contributed by atoms with Gasteiger partial charge in [-0.1, -0.05) is 23.2 Å². The molecule has 1 heterocycles. The smallest absolute Gasteiger partial charge is 0.238 e. The van der Waals surface area contributed by atoms with Gasteiger partial charge >= 0.3 is 0 Å². The van der Waals surface area contributed by atoms with Gasteiger partial charge in [0.2, 0.25) is 11.8 Å². The number of hydrogen-bond acceptors (Lipinski definition) is 4. The van der Waals surface area contributed by atoms with E-state index in [1.54, 1.807) is 18.2 Å². The molecular formula is C20H21Cl2FN4O2. The monoisotopic (exact) mass is 438 g/mol. The summed E-state index contributed by atoms with van der Waals surface area (Å²) in [5, 5.41) is 6.45. The van der Waals surface area contributed by atoms with Gasteiger partial charge in [-0.05, 0) is 42.5 Å². The first-order chi connectivity index (χ1) is 13.9. The first-order valence-corrected chi connectivity index (χ1v) is 9.89. The van der Waals surface area contributed by atoms with Crippen molar-refractivity contribution in [2.45, 2.75) is 0 Å². The highest BCUT2D eigenvalue weighted by Crippen LogP contribution is 2.25. The normalized spacial score (nSPS) is 15.1. The molecular weight excluding hydrogens is 418 g/mol. The molecule has 0 unspecified atom stereocenters. The van der Waals surface area contributed by atoms with E-state index in [0.717, 1.165) is 0 Å². The topological polar surface area (TPSA) is 64.7 Å². The van der Waals surface area contributed by atoms with Gasteiger partial charge in [0.25, 0.3) is 0 Å². The first kappa shape index (κ1) is 21.5. The van der Waals surface area contributed by atoms with E-state index in [1.807, 2.05) is 9.80 Å². The molecule has 0 aromatic heterocycles. The Morgan fingerprint density at radius 3 is 2.00 bits per heavy atom. The Morgan fingerprint density at radius 2 is 1.41 bits per heavy atom. The maximum atomic E-state index is 12.9. The van der Waals surface area contributed by atoms with Crippen LogP contribution in [0.3, 0.4) is 0 Å². The Labute approximate surface area is 178 Å². The molecule has 2 aromatic rings. The number of anilines is 2. The van der Waals surface area contributed by atoms with E-state index in [1.165, 1.54) is 24.3 Å². The van der Waals surface area contributed by atoms with Crippen molar-refractivity contribution in [2.24, 2.45) is 0 Å². The number of carbonyl (C=O) groups excluding carboxylic acids is 2. The average molecular weight is 439 g/mol. The summed E-state index contributed by atoms with van der Waals surface area (Å²) in [6.07, 6.45) is 0. The summed E-state index contributed by atoms with van der Waals surface area (Å²) in [7, 11) is 0. The minimum atomic E-state index is -0.346. The maximum Gasteiger partial charge on any atom is 0.238 e. The summed E-state index contributed by atoms with van der Waals surface area (Å²) in [5.41, 5.74) is 1.05. The van der Waals surface area contributed by atoms with Crippen LogP contribution in [0.2, 0.25) is 10.0 Å². The molecule has 29 heavy (non-hydrogen) atoms. The van der Waals surface area contributed by atoms with E-state index >= 15 is 0 Å². The molecule has 154 valence electrons. The van der Waals surface area contributed by atoms with Crippen molar-refractivity contribution in [3.05, 3.63) is 58.3 Å². The minimum absolute atomic E-state index is 0.154. The van der Waals surface area contributed by atoms with Gasteiger partial charge < -0.3 is 10.6 Å². The molecule has 1 fully saturated rings. The zero-order valence-corrected chi connectivity index (χ0v) is 17.1. The second-order valence-electron chi connectivity index (χ2n) is 6.78. The zero-order chi connectivity index (χ0) is 20.8. The fraction of sp³-hybridized carbons (Fsp3) is 0.300. The van der Waals surface area contributed by atoms with Crippen molar-refractivity contribution in [3.8, 4) is 0 Å². The highest BCUT2D eigenvalue weighted by atomic mass is 35.5. The highest BCUT2D eigenvalue weighted by molar-refractivity contribution is 6.35. The number of piperazine rings is 1.